The fraction of sp³-hybridized carbons (Fsp3) is 0.375. The number of para-hydroxylation sites is 1. The third kappa shape index (κ3) is 5.91. The number of hydrogen-bond donors (Lipinski definition) is 2. The SMILES string of the molecule is CCc1cccc(CC)c1NC(=O)CN1C[C@H](c2cc(F)c3c(c2)OCO3)C(C(=O)O)[C@@H]1c1ccc(OCOC)cc1. The number of carboxylic acid groups (broad SMARTS) is 1. The number of amides is 1. The topological polar surface area (TPSA) is 107 Å². The number of aliphatic carboxylic acids is 1. The van der Waals surface area contributed by atoms with Crippen molar-refractivity contribution in [3.05, 3.63) is 82.7 Å². The maximum atomic E-state index is 14.9. The number of methoxy groups -OCH3 is 1. The van der Waals surface area contributed by atoms with Gasteiger partial charge in [-0.15, -0.1) is 0 Å². The molecule has 42 heavy (non-hydrogen) atoms. The maximum Gasteiger partial charge on any atom is 0.309 e. The van der Waals surface area contributed by atoms with Crippen LogP contribution in [-0.4, -0.2) is 55.7 Å². The molecular weight excluding hydrogens is 543 g/mol. The summed E-state index contributed by atoms with van der Waals surface area (Å²) in [5.41, 5.74) is 4.04. The second-order valence-electron chi connectivity index (χ2n) is 10.4. The molecule has 0 bridgehead atoms. The Kier molecular flexibility index (Phi) is 8.94. The van der Waals surface area contributed by atoms with E-state index in [9.17, 15) is 19.1 Å². The Bertz CT molecular complexity index is 1420. The zero-order valence-electron chi connectivity index (χ0n) is 23.9. The van der Waals surface area contributed by atoms with Crippen molar-refractivity contribution in [2.24, 2.45) is 5.92 Å². The van der Waals surface area contributed by atoms with Crippen LogP contribution in [0.15, 0.2) is 54.6 Å². The summed E-state index contributed by atoms with van der Waals surface area (Å²) >= 11 is 0. The Hall–Kier alpha value is -4.15. The van der Waals surface area contributed by atoms with Gasteiger partial charge in [-0.2, -0.15) is 0 Å². The molecule has 3 aromatic rings. The van der Waals surface area contributed by atoms with Crippen LogP contribution in [0.5, 0.6) is 17.2 Å². The van der Waals surface area contributed by atoms with E-state index in [1.807, 2.05) is 36.9 Å². The lowest BCUT2D eigenvalue weighted by atomic mass is 9.82. The number of rotatable bonds is 11. The third-order valence-electron chi connectivity index (χ3n) is 7.94. The molecule has 0 spiro atoms. The van der Waals surface area contributed by atoms with Crippen LogP contribution in [0.1, 0.15) is 48.1 Å². The number of carboxylic acids is 1. The average Bonchev–Trinajstić information content (AvgIpc) is 3.62. The molecule has 1 saturated heterocycles. The lowest BCUT2D eigenvalue weighted by molar-refractivity contribution is -0.143. The number of halogens is 1. The summed E-state index contributed by atoms with van der Waals surface area (Å²) in [5.74, 6) is -2.69. The summed E-state index contributed by atoms with van der Waals surface area (Å²) in [6, 6.07) is 15.3. The molecule has 5 rings (SSSR count). The lowest BCUT2D eigenvalue weighted by Crippen LogP contribution is -2.35. The molecule has 1 amide bonds. The van der Waals surface area contributed by atoms with Gasteiger partial charge in [0.25, 0.3) is 0 Å². The summed E-state index contributed by atoms with van der Waals surface area (Å²) in [6.45, 7) is 4.20. The van der Waals surface area contributed by atoms with Crippen LogP contribution < -0.4 is 19.5 Å². The van der Waals surface area contributed by atoms with Crippen molar-refractivity contribution < 1.29 is 38.0 Å². The van der Waals surface area contributed by atoms with Crippen LogP contribution in [0.25, 0.3) is 0 Å². The Balaban J connectivity index is 1.49. The molecule has 222 valence electrons. The Morgan fingerprint density at radius 3 is 2.40 bits per heavy atom. The molecule has 1 fully saturated rings. The highest BCUT2D eigenvalue weighted by molar-refractivity contribution is 5.94. The molecule has 0 aromatic heterocycles. The summed E-state index contributed by atoms with van der Waals surface area (Å²) in [4.78, 5) is 28.3. The number of aryl methyl sites for hydroxylation is 2. The van der Waals surface area contributed by atoms with E-state index < -0.39 is 29.7 Å². The molecular formula is C32H35FN2O7. The first-order valence-electron chi connectivity index (χ1n) is 14.0. The Morgan fingerprint density at radius 2 is 1.76 bits per heavy atom. The van der Waals surface area contributed by atoms with Gasteiger partial charge in [0, 0.05) is 31.3 Å². The number of carbonyl (C=O) groups is 2. The van der Waals surface area contributed by atoms with E-state index in [-0.39, 0.29) is 44.1 Å². The molecule has 2 aliphatic rings. The van der Waals surface area contributed by atoms with Gasteiger partial charge in [-0.05, 0) is 59.4 Å². The van der Waals surface area contributed by atoms with Crippen LogP contribution >= 0.6 is 0 Å². The van der Waals surface area contributed by atoms with Crippen LogP contribution in [0, 0.1) is 11.7 Å². The number of likely N-dealkylation sites (tertiary alicyclic amines) is 1. The minimum Gasteiger partial charge on any atom is -0.481 e. The van der Waals surface area contributed by atoms with Gasteiger partial charge in [0.2, 0.25) is 18.4 Å². The molecule has 2 N–H and O–H groups in total. The van der Waals surface area contributed by atoms with E-state index >= 15 is 0 Å². The molecule has 10 heteroatoms. The van der Waals surface area contributed by atoms with Gasteiger partial charge in [0.15, 0.2) is 18.4 Å². The molecule has 0 radical (unpaired) electrons. The fourth-order valence-corrected chi connectivity index (χ4v) is 5.98. The van der Waals surface area contributed by atoms with Crippen LogP contribution in [0.3, 0.4) is 0 Å². The van der Waals surface area contributed by atoms with E-state index in [1.54, 1.807) is 30.3 Å². The largest absolute Gasteiger partial charge is 0.481 e. The highest BCUT2D eigenvalue weighted by atomic mass is 19.1. The lowest BCUT2D eigenvalue weighted by Gasteiger charge is -2.27. The summed E-state index contributed by atoms with van der Waals surface area (Å²) in [6.07, 6.45) is 1.51. The van der Waals surface area contributed by atoms with Gasteiger partial charge >= 0.3 is 5.97 Å². The van der Waals surface area contributed by atoms with E-state index in [2.05, 4.69) is 5.32 Å². The van der Waals surface area contributed by atoms with Crippen molar-refractivity contribution in [1.29, 1.82) is 0 Å². The van der Waals surface area contributed by atoms with Crippen molar-refractivity contribution in [2.75, 3.05) is 39.1 Å². The molecule has 0 saturated carbocycles. The van der Waals surface area contributed by atoms with Gasteiger partial charge in [0.05, 0.1) is 12.5 Å². The third-order valence-corrected chi connectivity index (χ3v) is 7.94. The smallest absolute Gasteiger partial charge is 0.309 e. The minimum atomic E-state index is -1.05. The summed E-state index contributed by atoms with van der Waals surface area (Å²) < 4.78 is 36.1. The number of anilines is 1. The number of nitrogens with one attached hydrogen (secondary N) is 1. The molecule has 3 aromatic carbocycles. The first-order chi connectivity index (χ1) is 20.3. The highest BCUT2D eigenvalue weighted by Crippen LogP contribution is 2.48. The number of ether oxygens (including phenoxy) is 4. The number of carbonyl (C=O) groups excluding carboxylic acids is 1. The van der Waals surface area contributed by atoms with E-state index in [4.69, 9.17) is 18.9 Å². The van der Waals surface area contributed by atoms with Crippen molar-refractivity contribution in [1.82, 2.24) is 4.90 Å². The van der Waals surface area contributed by atoms with Gasteiger partial charge in [-0.1, -0.05) is 44.2 Å². The fourth-order valence-electron chi connectivity index (χ4n) is 5.98. The highest BCUT2D eigenvalue weighted by Gasteiger charge is 2.48. The predicted molar refractivity (Wildman–Crippen MR) is 153 cm³/mol. The quantitative estimate of drug-likeness (QED) is 0.301. The monoisotopic (exact) mass is 578 g/mol. The van der Waals surface area contributed by atoms with Crippen molar-refractivity contribution >= 4 is 17.6 Å². The van der Waals surface area contributed by atoms with E-state index in [1.165, 1.54) is 13.2 Å². The standard InChI is InChI=1S/C32H35FN2O7/c1-4-19-7-6-8-20(5-2)29(19)34-27(36)16-35-15-24(22-13-25(33)31-26(14-22)41-18-42-31)28(32(37)38)30(35)21-9-11-23(12-10-21)40-17-39-3/h6-14,24,28,30H,4-5,15-18H2,1-3H3,(H,34,36)(H,37,38)/t24-,28?,30+/m1/s1. The first kappa shape index (κ1) is 29.3. The number of nitrogens with zero attached hydrogens (tertiary/aromatic N) is 1. The maximum absolute atomic E-state index is 14.9. The number of benzene rings is 3. The predicted octanol–water partition coefficient (Wildman–Crippen LogP) is 5.14. The van der Waals surface area contributed by atoms with Crippen LogP contribution in [-0.2, 0) is 27.2 Å². The zero-order chi connectivity index (χ0) is 29.8. The molecule has 9 nitrogen and oxygen atoms in total. The number of hydrogen-bond acceptors (Lipinski definition) is 7. The first-order valence-corrected chi connectivity index (χ1v) is 14.0. The summed E-state index contributed by atoms with van der Waals surface area (Å²) in [7, 11) is 1.52. The molecule has 3 atom stereocenters. The van der Waals surface area contributed by atoms with E-state index in [0.29, 0.717) is 16.9 Å². The van der Waals surface area contributed by atoms with Gasteiger partial charge in [-0.25, -0.2) is 4.39 Å². The van der Waals surface area contributed by atoms with Gasteiger partial charge < -0.3 is 29.4 Å². The van der Waals surface area contributed by atoms with E-state index in [0.717, 1.165) is 29.7 Å². The Labute approximate surface area is 244 Å². The van der Waals surface area contributed by atoms with Gasteiger partial charge in [-0.3, -0.25) is 14.5 Å². The van der Waals surface area contributed by atoms with Crippen LogP contribution in [0.2, 0.25) is 0 Å². The molecule has 0 aliphatic carbocycles. The zero-order valence-corrected chi connectivity index (χ0v) is 23.9. The molecule has 1 unspecified atom stereocenters. The second-order valence-corrected chi connectivity index (χ2v) is 10.4. The van der Waals surface area contributed by atoms with Gasteiger partial charge in [0.1, 0.15) is 5.75 Å². The van der Waals surface area contributed by atoms with Crippen molar-refractivity contribution in [2.45, 2.75) is 38.6 Å². The molecule has 2 aliphatic heterocycles. The van der Waals surface area contributed by atoms with Crippen LogP contribution in [0.4, 0.5) is 10.1 Å². The summed E-state index contributed by atoms with van der Waals surface area (Å²) in [5, 5.41) is 13.6. The second kappa shape index (κ2) is 12.8. The molecule has 2 heterocycles. The average molecular weight is 579 g/mol. The van der Waals surface area contributed by atoms with Crippen molar-refractivity contribution in [3.63, 3.8) is 0 Å². The number of fused-ring (bicyclic) bond motifs is 1. The minimum absolute atomic E-state index is 0.0179. The Morgan fingerprint density at radius 1 is 1.05 bits per heavy atom. The van der Waals surface area contributed by atoms with Crippen molar-refractivity contribution in [3.8, 4) is 17.2 Å². The normalized spacial score (nSPS) is 19.6.